The number of amides is 1. The summed E-state index contributed by atoms with van der Waals surface area (Å²) in [6.45, 7) is 4.99. The number of rotatable bonds is 7. The summed E-state index contributed by atoms with van der Waals surface area (Å²) in [5.41, 5.74) is 3.45. The van der Waals surface area contributed by atoms with Crippen LogP contribution >= 0.6 is 0 Å². The van der Waals surface area contributed by atoms with Crippen molar-refractivity contribution in [3.05, 3.63) is 89.0 Å². The third-order valence-corrected chi connectivity index (χ3v) is 6.99. The molecule has 3 aromatic rings. The first-order chi connectivity index (χ1) is 15.6. The number of hydrogen-bond acceptors (Lipinski definition) is 5. The van der Waals surface area contributed by atoms with E-state index >= 15 is 0 Å². The number of benzene rings is 3. The van der Waals surface area contributed by atoms with E-state index in [2.05, 4.69) is 5.32 Å². The molecular weight excluding hydrogens is 440 g/mol. The van der Waals surface area contributed by atoms with Gasteiger partial charge in [-0.05, 0) is 62.2 Å². The fraction of sp³-hybridized carbons (Fsp3) is 0.200. The summed E-state index contributed by atoms with van der Waals surface area (Å²) in [4.78, 5) is 25.0. The average molecular weight is 467 g/mol. The molecule has 0 aromatic heterocycles. The summed E-state index contributed by atoms with van der Waals surface area (Å²) in [6.07, 6.45) is 0. The van der Waals surface area contributed by atoms with Crippen molar-refractivity contribution in [2.45, 2.75) is 25.7 Å². The van der Waals surface area contributed by atoms with E-state index in [1.54, 1.807) is 62.4 Å². The lowest BCUT2D eigenvalue weighted by atomic mass is 10.1. The highest BCUT2D eigenvalue weighted by Gasteiger charge is 2.28. The Balaban J connectivity index is 1.96. The van der Waals surface area contributed by atoms with Crippen molar-refractivity contribution in [2.24, 2.45) is 0 Å². The van der Waals surface area contributed by atoms with E-state index in [0.717, 1.165) is 15.4 Å². The van der Waals surface area contributed by atoms with Crippen LogP contribution in [0.15, 0.2) is 71.6 Å². The van der Waals surface area contributed by atoms with Gasteiger partial charge in [-0.25, -0.2) is 13.2 Å². The predicted molar refractivity (Wildman–Crippen MR) is 128 cm³/mol. The topological polar surface area (TPSA) is 92.8 Å². The summed E-state index contributed by atoms with van der Waals surface area (Å²) < 4.78 is 32.9. The van der Waals surface area contributed by atoms with Gasteiger partial charge in [-0.15, -0.1) is 0 Å². The first-order valence-corrected chi connectivity index (χ1v) is 11.7. The highest BCUT2D eigenvalue weighted by Crippen LogP contribution is 2.27. The van der Waals surface area contributed by atoms with E-state index in [1.807, 2.05) is 6.92 Å². The van der Waals surface area contributed by atoms with Crippen molar-refractivity contribution < 1.29 is 22.7 Å². The number of methoxy groups -OCH3 is 1. The molecule has 0 atom stereocenters. The Morgan fingerprint density at radius 1 is 0.909 bits per heavy atom. The monoisotopic (exact) mass is 466 g/mol. The minimum atomic E-state index is -4.02. The number of nitrogens with one attached hydrogen (secondary N) is 1. The van der Waals surface area contributed by atoms with E-state index in [0.29, 0.717) is 16.9 Å². The van der Waals surface area contributed by atoms with Crippen LogP contribution in [0, 0.1) is 20.8 Å². The van der Waals surface area contributed by atoms with Crippen molar-refractivity contribution >= 4 is 33.3 Å². The molecule has 3 rings (SSSR count). The maximum Gasteiger partial charge on any atom is 0.337 e. The number of hydrogen-bond donors (Lipinski definition) is 1. The highest BCUT2D eigenvalue weighted by atomic mass is 32.2. The van der Waals surface area contributed by atoms with Crippen LogP contribution in [0.1, 0.15) is 27.0 Å². The van der Waals surface area contributed by atoms with Crippen LogP contribution < -0.4 is 9.62 Å². The van der Waals surface area contributed by atoms with E-state index in [4.69, 9.17) is 4.74 Å². The lowest BCUT2D eigenvalue weighted by Crippen LogP contribution is -2.38. The van der Waals surface area contributed by atoms with Crippen molar-refractivity contribution in [3.63, 3.8) is 0 Å². The van der Waals surface area contributed by atoms with Crippen LogP contribution in [-0.2, 0) is 19.6 Å². The first-order valence-electron chi connectivity index (χ1n) is 10.3. The van der Waals surface area contributed by atoms with Crippen LogP contribution in [0.4, 0.5) is 11.4 Å². The number of nitrogens with zero attached hydrogens (tertiary/aromatic N) is 1. The fourth-order valence-electron chi connectivity index (χ4n) is 3.30. The van der Waals surface area contributed by atoms with Crippen LogP contribution in [-0.4, -0.2) is 33.9 Å². The molecule has 172 valence electrons. The van der Waals surface area contributed by atoms with Gasteiger partial charge in [0.05, 0.1) is 23.3 Å². The molecule has 0 aliphatic carbocycles. The lowest BCUT2D eigenvalue weighted by molar-refractivity contribution is -0.114. The van der Waals surface area contributed by atoms with Gasteiger partial charge in [0.25, 0.3) is 10.0 Å². The normalized spacial score (nSPS) is 11.0. The molecule has 0 aliphatic rings. The van der Waals surface area contributed by atoms with Crippen LogP contribution in [0.25, 0.3) is 0 Å². The van der Waals surface area contributed by atoms with Gasteiger partial charge < -0.3 is 10.1 Å². The van der Waals surface area contributed by atoms with Crippen LogP contribution in [0.2, 0.25) is 0 Å². The standard InChI is InChI=1S/C25H26N2O5S/c1-17-9-13-21(14-10-17)33(30,31)27(23-8-6-5-7-19(23)3)16-24(28)26-22-15-20(25(29)32-4)12-11-18(22)2/h5-15H,16H2,1-4H3,(H,26,28). The van der Waals surface area contributed by atoms with Crippen LogP contribution in [0.5, 0.6) is 0 Å². The third-order valence-electron chi connectivity index (χ3n) is 5.21. The third kappa shape index (κ3) is 5.40. The average Bonchev–Trinajstić information content (AvgIpc) is 2.79. The van der Waals surface area contributed by atoms with Gasteiger partial charge in [-0.1, -0.05) is 42.0 Å². The number of sulfonamides is 1. The molecule has 1 N–H and O–H groups in total. The lowest BCUT2D eigenvalue weighted by Gasteiger charge is -2.26. The molecule has 0 spiro atoms. The number of para-hydroxylation sites is 1. The molecule has 33 heavy (non-hydrogen) atoms. The van der Waals surface area contributed by atoms with Gasteiger partial charge in [-0.3, -0.25) is 9.10 Å². The molecule has 7 nitrogen and oxygen atoms in total. The van der Waals surface area contributed by atoms with Crippen LogP contribution in [0.3, 0.4) is 0 Å². The second-order valence-corrected chi connectivity index (χ2v) is 9.54. The van der Waals surface area contributed by atoms with Gasteiger partial charge in [0.15, 0.2) is 0 Å². The zero-order valence-electron chi connectivity index (χ0n) is 19.0. The summed E-state index contributed by atoms with van der Waals surface area (Å²) in [5.74, 6) is -1.08. The molecule has 8 heteroatoms. The Hall–Kier alpha value is -3.65. The van der Waals surface area contributed by atoms with Crippen molar-refractivity contribution in [1.82, 2.24) is 0 Å². The zero-order chi connectivity index (χ0) is 24.2. The zero-order valence-corrected chi connectivity index (χ0v) is 19.8. The maximum absolute atomic E-state index is 13.5. The number of carbonyl (C=O) groups is 2. The van der Waals surface area contributed by atoms with Gasteiger partial charge in [0.1, 0.15) is 6.54 Å². The largest absolute Gasteiger partial charge is 0.465 e. The van der Waals surface area contributed by atoms with Crippen molar-refractivity contribution in [3.8, 4) is 0 Å². The smallest absolute Gasteiger partial charge is 0.337 e. The maximum atomic E-state index is 13.5. The number of anilines is 2. The van der Waals surface area contributed by atoms with Gasteiger partial charge in [-0.2, -0.15) is 0 Å². The molecule has 3 aromatic carbocycles. The summed E-state index contributed by atoms with van der Waals surface area (Å²) in [6, 6.07) is 18.2. The predicted octanol–water partition coefficient (Wildman–Crippen LogP) is 4.23. The molecule has 0 heterocycles. The SMILES string of the molecule is COC(=O)c1ccc(C)c(NC(=O)CN(c2ccccc2C)S(=O)(=O)c2ccc(C)cc2)c1. The second kappa shape index (κ2) is 9.87. The minimum absolute atomic E-state index is 0.0908. The summed E-state index contributed by atoms with van der Waals surface area (Å²) >= 11 is 0. The fourth-order valence-corrected chi connectivity index (χ4v) is 4.79. The molecule has 0 bridgehead atoms. The Bertz CT molecular complexity index is 1280. The van der Waals surface area contributed by atoms with Gasteiger partial charge in [0.2, 0.25) is 5.91 Å². The van der Waals surface area contributed by atoms with Gasteiger partial charge >= 0.3 is 5.97 Å². The Labute approximate surface area is 194 Å². The summed E-state index contributed by atoms with van der Waals surface area (Å²) in [7, 11) is -2.74. The Morgan fingerprint density at radius 3 is 2.21 bits per heavy atom. The molecule has 0 fully saturated rings. The Kier molecular flexibility index (Phi) is 7.18. The van der Waals surface area contributed by atoms with Gasteiger partial charge in [0, 0.05) is 5.69 Å². The van der Waals surface area contributed by atoms with Crippen molar-refractivity contribution in [2.75, 3.05) is 23.3 Å². The summed E-state index contributed by atoms with van der Waals surface area (Å²) in [5, 5.41) is 2.73. The first kappa shape index (κ1) is 24.0. The molecule has 0 unspecified atom stereocenters. The van der Waals surface area contributed by atoms with E-state index in [-0.39, 0.29) is 10.5 Å². The van der Waals surface area contributed by atoms with E-state index < -0.39 is 28.4 Å². The number of ether oxygens (including phenoxy) is 1. The molecule has 0 saturated carbocycles. The number of aryl methyl sites for hydroxylation is 3. The molecule has 0 radical (unpaired) electrons. The Morgan fingerprint density at radius 2 is 1.58 bits per heavy atom. The molecule has 0 saturated heterocycles. The van der Waals surface area contributed by atoms with E-state index in [1.165, 1.54) is 25.3 Å². The molecule has 0 aliphatic heterocycles. The molecule has 1 amide bonds. The molecular formula is C25H26N2O5S. The quantitative estimate of drug-likeness (QED) is 0.526. The van der Waals surface area contributed by atoms with Crippen molar-refractivity contribution in [1.29, 1.82) is 0 Å². The number of esters is 1. The van der Waals surface area contributed by atoms with E-state index in [9.17, 15) is 18.0 Å². The highest BCUT2D eigenvalue weighted by molar-refractivity contribution is 7.92. The number of carbonyl (C=O) groups excluding carboxylic acids is 2. The second-order valence-electron chi connectivity index (χ2n) is 7.68. The minimum Gasteiger partial charge on any atom is -0.465 e.